The second-order valence-corrected chi connectivity index (χ2v) is 5.23. The van der Waals surface area contributed by atoms with Crippen molar-refractivity contribution >= 4 is 11.4 Å². The molecule has 0 aliphatic carbocycles. The van der Waals surface area contributed by atoms with Gasteiger partial charge in [-0.25, -0.2) is 0 Å². The molecule has 1 aliphatic rings. The van der Waals surface area contributed by atoms with Gasteiger partial charge in [-0.2, -0.15) is 0 Å². The first-order chi connectivity index (χ1) is 10.3. The summed E-state index contributed by atoms with van der Waals surface area (Å²) in [5, 5.41) is 9.80. The van der Waals surface area contributed by atoms with Gasteiger partial charge in [0, 0.05) is 17.4 Å². The van der Waals surface area contributed by atoms with E-state index in [-0.39, 0.29) is 11.8 Å². The first kappa shape index (κ1) is 13.7. The molecule has 108 valence electrons. The molecule has 0 saturated carbocycles. The topological polar surface area (TPSA) is 32.7 Å². The van der Waals surface area contributed by atoms with E-state index in [0.717, 1.165) is 11.4 Å². The number of para-hydroxylation sites is 1. The van der Waals surface area contributed by atoms with Gasteiger partial charge in [0.1, 0.15) is 5.75 Å². The van der Waals surface area contributed by atoms with E-state index in [0.29, 0.717) is 13.2 Å². The Bertz CT molecular complexity index is 637. The first-order valence-electron chi connectivity index (χ1n) is 7.13. The predicted octanol–water partition coefficient (Wildman–Crippen LogP) is 3.88. The van der Waals surface area contributed by atoms with Crippen LogP contribution in [0.1, 0.15) is 6.92 Å². The molecule has 1 atom stereocenters. The average Bonchev–Trinajstić information content (AvgIpc) is 2.51. The fraction of sp³-hybridized carbons (Fsp3) is 0.222. The van der Waals surface area contributed by atoms with Crippen LogP contribution in [0.15, 0.2) is 66.2 Å². The summed E-state index contributed by atoms with van der Waals surface area (Å²) in [6.45, 7) is 3.45. The molecular weight excluding hydrogens is 262 g/mol. The lowest BCUT2D eigenvalue weighted by Crippen LogP contribution is -2.38. The van der Waals surface area contributed by atoms with Gasteiger partial charge in [-0.05, 0) is 31.2 Å². The molecule has 3 heteroatoms. The number of anilines is 2. The SMILES string of the molecule is CC1=CCOCC1N(c1ccccc1)c1cccc(O)c1. The maximum Gasteiger partial charge on any atom is 0.117 e. The highest BCUT2D eigenvalue weighted by molar-refractivity contribution is 5.66. The second kappa shape index (κ2) is 6.02. The maximum absolute atomic E-state index is 9.80. The van der Waals surface area contributed by atoms with Gasteiger partial charge in [0.2, 0.25) is 0 Å². The molecule has 1 heterocycles. The number of benzene rings is 2. The highest BCUT2D eigenvalue weighted by Gasteiger charge is 2.24. The Morgan fingerprint density at radius 2 is 1.81 bits per heavy atom. The van der Waals surface area contributed by atoms with Crippen LogP contribution in [0.4, 0.5) is 11.4 Å². The molecule has 2 aromatic carbocycles. The molecule has 1 unspecified atom stereocenters. The van der Waals surface area contributed by atoms with Crippen LogP contribution in [-0.2, 0) is 4.74 Å². The van der Waals surface area contributed by atoms with Crippen molar-refractivity contribution in [1.29, 1.82) is 0 Å². The van der Waals surface area contributed by atoms with Crippen molar-refractivity contribution in [3.63, 3.8) is 0 Å². The van der Waals surface area contributed by atoms with E-state index in [1.807, 2.05) is 30.3 Å². The summed E-state index contributed by atoms with van der Waals surface area (Å²) >= 11 is 0. The van der Waals surface area contributed by atoms with Crippen LogP contribution in [0.3, 0.4) is 0 Å². The molecule has 3 rings (SSSR count). The molecule has 1 aliphatic heterocycles. The lowest BCUT2D eigenvalue weighted by Gasteiger charge is -2.36. The largest absolute Gasteiger partial charge is 0.508 e. The fourth-order valence-electron chi connectivity index (χ4n) is 2.66. The van der Waals surface area contributed by atoms with E-state index in [9.17, 15) is 5.11 Å². The van der Waals surface area contributed by atoms with Crippen LogP contribution in [0.2, 0.25) is 0 Å². The quantitative estimate of drug-likeness (QED) is 0.867. The lowest BCUT2D eigenvalue weighted by molar-refractivity contribution is 0.142. The standard InChI is InChI=1S/C18H19NO2/c1-14-10-11-21-13-18(14)19(15-6-3-2-4-7-15)16-8-5-9-17(20)12-16/h2-10,12,18,20H,11,13H2,1H3. The van der Waals surface area contributed by atoms with Gasteiger partial charge in [-0.1, -0.05) is 35.9 Å². The van der Waals surface area contributed by atoms with E-state index in [2.05, 4.69) is 30.0 Å². The van der Waals surface area contributed by atoms with Crippen molar-refractivity contribution in [3.05, 3.63) is 66.2 Å². The number of aromatic hydroxyl groups is 1. The number of ether oxygens (including phenoxy) is 1. The summed E-state index contributed by atoms with van der Waals surface area (Å²) in [5.41, 5.74) is 3.34. The molecule has 3 nitrogen and oxygen atoms in total. The summed E-state index contributed by atoms with van der Waals surface area (Å²) in [6.07, 6.45) is 2.12. The van der Waals surface area contributed by atoms with Crippen molar-refractivity contribution < 1.29 is 9.84 Å². The van der Waals surface area contributed by atoms with Crippen molar-refractivity contribution in [2.75, 3.05) is 18.1 Å². The van der Waals surface area contributed by atoms with Gasteiger partial charge in [-0.15, -0.1) is 0 Å². The summed E-state index contributed by atoms with van der Waals surface area (Å²) in [5.74, 6) is 0.270. The summed E-state index contributed by atoms with van der Waals surface area (Å²) in [6, 6.07) is 17.7. The van der Waals surface area contributed by atoms with Gasteiger partial charge in [0.05, 0.1) is 19.3 Å². The Hall–Kier alpha value is -2.26. The van der Waals surface area contributed by atoms with Crippen molar-refractivity contribution in [1.82, 2.24) is 0 Å². The molecule has 1 N–H and O–H groups in total. The monoisotopic (exact) mass is 281 g/mol. The van der Waals surface area contributed by atoms with Gasteiger partial charge < -0.3 is 14.7 Å². The van der Waals surface area contributed by atoms with Crippen LogP contribution >= 0.6 is 0 Å². The van der Waals surface area contributed by atoms with E-state index < -0.39 is 0 Å². The van der Waals surface area contributed by atoms with E-state index in [4.69, 9.17) is 4.74 Å². The fourth-order valence-corrected chi connectivity index (χ4v) is 2.66. The summed E-state index contributed by atoms with van der Waals surface area (Å²) in [4.78, 5) is 2.21. The minimum atomic E-state index is 0.142. The number of hydrogen-bond acceptors (Lipinski definition) is 3. The summed E-state index contributed by atoms with van der Waals surface area (Å²) in [7, 11) is 0. The molecule has 0 saturated heterocycles. The Morgan fingerprint density at radius 3 is 2.52 bits per heavy atom. The third-order valence-corrected chi connectivity index (χ3v) is 3.78. The third-order valence-electron chi connectivity index (χ3n) is 3.78. The molecule has 2 aromatic rings. The number of rotatable bonds is 3. The third kappa shape index (κ3) is 2.93. The Balaban J connectivity index is 2.07. The van der Waals surface area contributed by atoms with Crippen LogP contribution < -0.4 is 4.90 Å². The normalized spacial score (nSPS) is 18.1. The minimum absolute atomic E-state index is 0.142. The smallest absolute Gasteiger partial charge is 0.117 e. The van der Waals surface area contributed by atoms with Crippen LogP contribution in [0.5, 0.6) is 5.75 Å². The van der Waals surface area contributed by atoms with Crippen molar-refractivity contribution in [2.24, 2.45) is 0 Å². The Kier molecular flexibility index (Phi) is 3.93. The lowest BCUT2D eigenvalue weighted by atomic mass is 10.0. The predicted molar refractivity (Wildman–Crippen MR) is 85.1 cm³/mol. The van der Waals surface area contributed by atoms with Crippen LogP contribution in [0.25, 0.3) is 0 Å². The molecule has 0 fully saturated rings. The van der Waals surface area contributed by atoms with Gasteiger partial charge in [0.15, 0.2) is 0 Å². The highest BCUT2D eigenvalue weighted by atomic mass is 16.5. The Labute approximate surface area is 125 Å². The average molecular weight is 281 g/mol. The number of hydrogen-bond donors (Lipinski definition) is 1. The molecule has 21 heavy (non-hydrogen) atoms. The zero-order chi connectivity index (χ0) is 14.7. The molecule has 0 bridgehead atoms. The van der Waals surface area contributed by atoms with Crippen molar-refractivity contribution in [2.45, 2.75) is 13.0 Å². The highest BCUT2D eigenvalue weighted by Crippen LogP contribution is 2.33. The number of phenols is 1. The molecule has 0 amide bonds. The number of nitrogens with zero attached hydrogens (tertiary/aromatic N) is 1. The van der Waals surface area contributed by atoms with Gasteiger partial charge in [-0.3, -0.25) is 0 Å². The van der Waals surface area contributed by atoms with E-state index in [1.165, 1.54) is 5.57 Å². The second-order valence-electron chi connectivity index (χ2n) is 5.23. The summed E-state index contributed by atoms with van der Waals surface area (Å²) < 4.78 is 5.63. The number of phenolic OH excluding ortho intramolecular Hbond substituents is 1. The zero-order valence-electron chi connectivity index (χ0n) is 12.1. The van der Waals surface area contributed by atoms with Crippen molar-refractivity contribution in [3.8, 4) is 5.75 Å². The van der Waals surface area contributed by atoms with E-state index >= 15 is 0 Å². The molecular formula is C18H19NO2. The molecule has 0 aromatic heterocycles. The van der Waals surface area contributed by atoms with Gasteiger partial charge in [0.25, 0.3) is 0 Å². The zero-order valence-corrected chi connectivity index (χ0v) is 12.1. The van der Waals surface area contributed by atoms with Crippen LogP contribution in [0, 0.1) is 0 Å². The first-order valence-corrected chi connectivity index (χ1v) is 7.13. The van der Waals surface area contributed by atoms with Crippen LogP contribution in [-0.4, -0.2) is 24.4 Å². The molecule has 0 spiro atoms. The minimum Gasteiger partial charge on any atom is -0.508 e. The van der Waals surface area contributed by atoms with E-state index in [1.54, 1.807) is 12.1 Å². The Morgan fingerprint density at radius 1 is 1.05 bits per heavy atom. The molecule has 0 radical (unpaired) electrons. The maximum atomic E-state index is 9.80. The van der Waals surface area contributed by atoms with Gasteiger partial charge >= 0.3 is 0 Å².